The highest BCUT2D eigenvalue weighted by Gasteiger charge is 2.26. The van der Waals surface area contributed by atoms with E-state index in [4.69, 9.17) is 9.84 Å². The number of benzene rings is 1. The highest BCUT2D eigenvalue weighted by molar-refractivity contribution is 5.89. The van der Waals surface area contributed by atoms with Crippen LogP contribution in [0.3, 0.4) is 0 Å². The van der Waals surface area contributed by atoms with Gasteiger partial charge in [-0.3, -0.25) is 0 Å². The summed E-state index contributed by atoms with van der Waals surface area (Å²) < 4.78 is 5.22. The third kappa shape index (κ3) is 3.88. The van der Waals surface area contributed by atoms with E-state index in [2.05, 4.69) is 5.32 Å². The summed E-state index contributed by atoms with van der Waals surface area (Å²) in [6.07, 6.45) is 3.76. The number of urea groups is 1. The van der Waals surface area contributed by atoms with Crippen LogP contribution in [0.4, 0.5) is 10.5 Å². The summed E-state index contributed by atoms with van der Waals surface area (Å²) in [6.45, 7) is 2.83. The van der Waals surface area contributed by atoms with Gasteiger partial charge in [0.25, 0.3) is 0 Å². The van der Waals surface area contributed by atoms with Crippen molar-refractivity contribution in [1.82, 2.24) is 4.90 Å². The van der Waals surface area contributed by atoms with Gasteiger partial charge in [0.2, 0.25) is 0 Å². The van der Waals surface area contributed by atoms with Gasteiger partial charge in [0.05, 0.1) is 7.11 Å². The van der Waals surface area contributed by atoms with Gasteiger partial charge in [-0.15, -0.1) is 0 Å². The maximum Gasteiger partial charge on any atom is 0.322 e. The van der Waals surface area contributed by atoms with Gasteiger partial charge < -0.3 is 20.1 Å². The van der Waals surface area contributed by atoms with Crippen LogP contribution in [0.25, 0.3) is 0 Å². The number of piperidine rings is 1. The number of aryl methyl sites for hydroxylation is 1. The molecule has 1 aromatic carbocycles. The van der Waals surface area contributed by atoms with E-state index in [9.17, 15) is 4.79 Å². The van der Waals surface area contributed by atoms with Crippen molar-refractivity contribution in [2.24, 2.45) is 0 Å². The van der Waals surface area contributed by atoms with Crippen molar-refractivity contribution in [2.75, 3.05) is 25.6 Å². The molecule has 0 saturated carbocycles. The molecule has 1 aromatic rings. The average Bonchev–Trinajstić information content (AvgIpc) is 2.48. The Hall–Kier alpha value is -1.75. The zero-order valence-corrected chi connectivity index (χ0v) is 12.8. The summed E-state index contributed by atoms with van der Waals surface area (Å²) >= 11 is 0. The van der Waals surface area contributed by atoms with Gasteiger partial charge in [-0.2, -0.15) is 0 Å². The molecule has 0 aromatic heterocycles. The van der Waals surface area contributed by atoms with Gasteiger partial charge in [-0.05, 0) is 56.4 Å². The number of hydrogen-bond acceptors (Lipinski definition) is 3. The fourth-order valence-electron chi connectivity index (χ4n) is 2.87. The van der Waals surface area contributed by atoms with Gasteiger partial charge in [0.1, 0.15) is 5.75 Å². The number of carbonyl (C=O) groups excluding carboxylic acids is 1. The van der Waals surface area contributed by atoms with E-state index in [1.807, 2.05) is 30.0 Å². The number of nitrogens with one attached hydrogen (secondary N) is 1. The number of amides is 2. The smallest absolute Gasteiger partial charge is 0.322 e. The first-order chi connectivity index (χ1) is 10.2. The van der Waals surface area contributed by atoms with E-state index < -0.39 is 0 Å². The minimum atomic E-state index is -0.0854. The van der Waals surface area contributed by atoms with Crippen LogP contribution in [0.2, 0.25) is 0 Å². The monoisotopic (exact) mass is 292 g/mol. The minimum absolute atomic E-state index is 0.0854. The zero-order chi connectivity index (χ0) is 15.2. The Morgan fingerprint density at radius 2 is 2.29 bits per heavy atom. The molecule has 116 valence electrons. The van der Waals surface area contributed by atoms with E-state index in [0.717, 1.165) is 42.8 Å². The zero-order valence-electron chi connectivity index (χ0n) is 12.8. The van der Waals surface area contributed by atoms with Crippen molar-refractivity contribution in [2.45, 2.75) is 38.6 Å². The van der Waals surface area contributed by atoms with Crippen LogP contribution in [0.1, 0.15) is 31.2 Å². The molecule has 1 heterocycles. The van der Waals surface area contributed by atoms with E-state index in [1.54, 1.807) is 7.11 Å². The molecule has 1 aliphatic heterocycles. The fourth-order valence-corrected chi connectivity index (χ4v) is 2.87. The lowest BCUT2D eigenvalue weighted by atomic mass is 10.0. The number of methoxy groups -OCH3 is 1. The van der Waals surface area contributed by atoms with Crippen LogP contribution in [0.15, 0.2) is 18.2 Å². The van der Waals surface area contributed by atoms with E-state index >= 15 is 0 Å². The predicted molar refractivity (Wildman–Crippen MR) is 82.8 cm³/mol. The number of anilines is 1. The molecule has 21 heavy (non-hydrogen) atoms. The summed E-state index contributed by atoms with van der Waals surface area (Å²) in [7, 11) is 1.63. The van der Waals surface area contributed by atoms with Gasteiger partial charge in [-0.25, -0.2) is 4.79 Å². The third-order valence-electron chi connectivity index (χ3n) is 4.00. The van der Waals surface area contributed by atoms with Crippen molar-refractivity contribution in [3.8, 4) is 5.75 Å². The number of hydrogen-bond donors (Lipinski definition) is 2. The molecular weight excluding hydrogens is 268 g/mol. The largest absolute Gasteiger partial charge is 0.496 e. The van der Waals surface area contributed by atoms with Crippen molar-refractivity contribution in [1.29, 1.82) is 0 Å². The SMILES string of the molecule is COc1ccc(NC(=O)N2CCCC[C@H]2CCO)cc1C. The number of carbonyl (C=O) groups is 1. The second-order valence-electron chi connectivity index (χ2n) is 5.47. The Kier molecular flexibility index (Phi) is 5.44. The Balaban J connectivity index is 2.04. The first-order valence-corrected chi connectivity index (χ1v) is 7.49. The van der Waals surface area contributed by atoms with Gasteiger partial charge in [0, 0.05) is 24.9 Å². The number of ether oxygens (including phenoxy) is 1. The van der Waals surface area contributed by atoms with E-state index in [1.165, 1.54) is 0 Å². The van der Waals surface area contributed by atoms with Crippen molar-refractivity contribution < 1.29 is 14.6 Å². The second kappa shape index (κ2) is 7.31. The molecule has 0 unspecified atom stereocenters. The van der Waals surface area contributed by atoms with Crippen LogP contribution in [0, 0.1) is 6.92 Å². The highest BCUT2D eigenvalue weighted by Crippen LogP contribution is 2.24. The number of aliphatic hydroxyl groups is 1. The van der Waals surface area contributed by atoms with Crippen LogP contribution in [-0.2, 0) is 0 Å². The molecular formula is C16H24N2O3. The fraction of sp³-hybridized carbons (Fsp3) is 0.562. The summed E-state index contributed by atoms with van der Waals surface area (Å²) in [6, 6.07) is 5.66. The van der Waals surface area contributed by atoms with Gasteiger partial charge >= 0.3 is 6.03 Å². The normalized spacial score (nSPS) is 18.4. The molecule has 0 bridgehead atoms. The first kappa shape index (κ1) is 15.6. The number of aliphatic hydroxyl groups excluding tert-OH is 1. The molecule has 0 aliphatic carbocycles. The standard InChI is InChI=1S/C16H24N2O3/c1-12-11-13(6-7-15(12)21-2)17-16(20)18-9-4-3-5-14(18)8-10-19/h6-7,11,14,19H,3-5,8-10H2,1-2H3,(H,17,20)/t14-/m0/s1. The Labute approximate surface area is 125 Å². The molecule has 1 aliphatic rings. The molecule has 1 saturated heterocycles. The molecule has 0 spiro atoms. The Morgan fingerprint density at radius 3 is 2.95 bits per heavy atom. The maximum atomic E-state index is 12.4. The molecule has 5 heteroatoms. The second-order valence-corrected chi connectivity index (χ2v) is 5.47. The molecule has 1 atom stereocenters. The van der Waals surface area contributed by atoms with Gasteiger partial charge in [-0.1, -0.05) is 0 Å². The highest BCUT2D eigenvalue weighted by atomic mass is 16.5. The molecule has 5 nitrogen and oxygen atoms in total. The predicted octanol–water partition coefficient (Wildman–Crippen LogP) is 2.77. The summed E-state index contributed by atoms with van der Waals surface area (Å²) in [5.41, 5.74) is 1.76. The van der Waals surface area contributed by atoms with Gasteiger partial charge in [0.15, 0.2) is 0 Å². The van der Waals surface area contributed by atoms with E-state index in [0.29, 0.717) is 6.42 Å². The van der Waals surface area contributed by atoms with Crippen LogP contribution >= 0.6 is 0 Å². The molecule has 2 rings (SSSR count). The number of likely N-dealkylation sites (tertiary alicyclic amines) is 1. The van der Waals surface area contributed by atoms with Crippen LogP contribution in [-0.4, -0.2) is 42.3 Å². The Morgan fingerprint density at radius 1 is 1.48 bits per heavy atom. The molecule has 2 N–H and O–H groups in total. The first-order valence-electron chi connectivity index (χ1n) is 7.49. The maximum absolute atomic E-state index is 12.4. The Bertz CT molecular complexity index is 488. The summed E-state index contributed by atoms with van der Waals surface area (Å²) in [5.74, 6) is 0.809. The summed E-state index contributed by atoms with van der Waals surface area (Å²) in [5, 5.41) is 12.1. The molecule has 2 amide bonds. The van der Waals surface area contributed by atoms with Crippen LogP contribution < -0.4 is 10.1 Å². The van der Waals surface area contributed by atoms with Crippen LogP contribution in [0.5, 0.6) is 5.75 Å². The lowest BCUT2D eigenvalue weighted by Crippen LogP contribution is -2.46. The lowest BCUT2D eigenvalue weighted by molar-refractivity contribution is 0.141. The minimum Gasteiger partial charge on any atom is -0.496 e. The average molecular weight is 292 g/mol. The third-order valence-corrected chi connectivity index (χ3v) is 4.00. The number of nitrogens with zero attached hydrogens (tertiary/aromatic N) is 1. The van der Waals surface area contributed by atoms with Crippen molar-refractivity contribution >= 4 is 11.7 Å². The number of rotatable bonds is 4. The lowest BCUT2D eigenvalue weighted by Gasteiger charge is -2.35. The van der Waals surface area contributed by atoms with E-state index in [-0.39, 0.29) is 18.7 Å². The quantitative estimate of drug-likeness (QED) is 0.897. The molecule has 1 fully saturated rings. The van der Waals surface area contributed by atoms with Crippen molar-refractivity contribution in [3.63, 3.8) is 0 Å². The summed E-state index contributed by atoms with van der Waals surface area (Å²) in [4.78, 5) is 14.3. The molecule has 0 radical (unpaired) electrons. The topological polar surface area (TPSA) is 61.8 Å². The van der Waals surface area contributed by atoms with Crippen molar-refractivity contribution in [3.05, 3.63) is 23.8 Å².